The zero-order valence-electron chi connectivity index (χ0n) is 21.3. The van der Waals surface area contributed by atoms with E-state index in [0.29, 0.717) is 33.5 Å². The SMILES string of the molecule is C[C@@H]1C[C@H](n2c(Nc3ccc(OC(F)(F)F)cc3)nc3cc(C(=O)N(C)C(=O)O)c(Cl)cc32)CC(C)(C)C1. The Kier molecular flexibility index (Phi) is 7.26. The van der Waals surface area contributed by atoms with Crippen LogP contribution in [0.4, 0.5) is 29.6 Å². The first-order chi connectivity index (χ1) is 17.6. The largest absolute Gasteiger partial charge is 0.573 e. The lowest BCUT2D eigenvalue weighted by molar-refractivity contribution is -0.274. The van der Waals surface area contributed by atoms with Crippen molar-refractivity contribution in [1.29, 1.82) is 0 Å². The van der Waals surface area contributed by atoms with E-state index in [2.05, 4.69) is 35.8 Å². The smallest absolute Gasteiger partial charge is 0.465 e. The molecule has 8 nitrogen and oxygen atoms in total. The average Bonchev–Trinajstić information content (AvgIpc) is 3.13. The number of halogens is 4. The molecule has 2 aromatic carbocycles. The van der Waals surface area contributed by atoms with Crippen LogP contribution in [0.5, 0.6) is 5.75 Å². The molecular formula is C26H28ClF3N4O4. The highest BCUT2D eigenvalue weighted by Gasteiger charge is 2.35. The van der Waals surface area contributed by atoms with E-state index in [9.17, 15) is 27.9 Å². The van der Waals surface area contributed by atoms with Crippen molar-refractivity contribution < 1.29 is 32.6 Å². The van der Waals surface area contributed by atoms with Crippen molar-refractivity contribution in [2.75, 3.05) is 12.4 Å². The number of aromatic nitrogens is 2. The summed E-state index contributed by atoms with van der Waals surface area (Å²) in [5.41, 5.74) is 1.60. The number of nitrogens with one attached hydrogen (secondary N) is 1. The summed E-state index contributed by atoms with van der Waals surface area (Å²) in [6.07, 6.45) is -3.45. The topological polar surface area (TPSA) is 96.7 Å². The monoisotopic (exact) mass is 552 g/mol. The number of ether oxygens (including phenoxy) is 1. The molecule has 1 aromatic heterocycles. The van der Waals surface area contributed by atoms with Crippen LogP contribution in [0.3, 0.4) is 0 Å². The van der Waals surface area contributed by atoms with Crippen molar-refractivity contribution in [3.8, 4) is 5.75 Å². The zero-order chi connectivity index (χ0) is 28.0. The molecule has 1 saturated carbocycles. The summed E-state index contributed by atoms with van der Waals surface area (Å²) < 4.78 is 43.6. The summed E-state index contributed by atoms with van der Waals surface area (Å²) in [6, 6.07) is 8.37. The fraction of sp³-hybridized carbons (Fsp3) is 0.423. The zero-order valence-corrected chi connectivity index (χ0v) is 22.0. The van der Waals surface area contributed by atoms with E-state index >= 15 is 0 Å². The number of hydrogen-bond donors (Lipinski definition) is 2. The minimum Gasteiger partial charge on any atom is -0.465 e. The molecule has 0 spiro atoms. The molecule has 1 heterocycles. The second-order valence-corrected chi connectivity index (χ2v) is 10.9. The van der Waals surface area contributed by atoms with Gasteiger partial charge in [-0.3, -0.25) is 4.79 Å². The number of imidazole rings is 1. The van der Waals surface area contributed by atoms with Gasteiger partial charge in [0.2, 0.25) is 5.95 Å². The van der Waals surface area contributed by atoms with Crippen molar-refractivity contribution in [1.82, 2.24) is 14.5 Å². The molecule has 0 bridgehead atoms. The predicted octanol–water partition coefficient (Wildman–Crippen LogP) is 7.47. The van der Waals surface area contributed by atoms with Crippen LogP contribution in [0, 0.1) is 11.3 Å². The standard InChI is InChI=1S/C26H28ClF3N4O4/c1-14-9-16(13-25(2,3)12-14)34-21-11-19(27)18(22(35)33(4)24(36)37)10-20(21)32-23(34)31-15-5-7-17(8-6-15)38-26(28,29)30/h5-8,10-11,14,16H,9,12-13H2,1-4H3,(H,31,32)(H,36,37)/t14-,16+/m1/s1. The Labute approximate surface area is 222 Å². The first kappa shape index (κ1) is 27.6. The fourth-order valence-electron chi connectivity index (χ4n) is 5.37. The van der Waals surface area contributed by atoms with Gasteiger partial charge in [0.1, 0.15) is 5.75 Å². The van der Waals surface area contributed by atoms with Crippen molar-refractivity contribution in [2.45, 2.75) is 52.4 Å². The van der Waals surface area contributed by atoms with Crippen LogP contribution in [0.25, 0.3) is 11.0 Å². The fourth-order valence-corrected chi connectivity index (χ4v) is 5.61. The Morgan fingerprint density at radius 2 is 1.87 bits per heavy atom. The third-order valence-corrected chi connectivity index (χ3v) is 6.99. The molecule has 0 aliphatic heterocycles. The van der Waals surface area contributed by atoms with Crippen LogP contribution in [0.15, 0.2) is 36.4 Å². The van der Waals surface area contributed by atoms with Gasteiger partial charge in [0.05, 0.1) is 21.6 Å². The number of alkyl halides is 3. The maximum atomic E-state index is 12.7. The Bertz CT molecular complexity index is 1370. The summed E-state index contributed by atoms with van der Waals surface area (Å²) in [6.45, 7) is 6.59. The molecule has 1 aliphatic rings. The second kappa shape index (κ2) is 10.0. The van der Waals surface area contributed by atoms with E-state index < -0.39 is 18.4 Å². The third kappa shape index (κ3) is 5.98. The van der Waals surface area contributed by atoms with Gasteiger partial charge in [-0.15, -0.1) is 13.2 Å². The van der Waals surface area contributed by atoms with Gasteiger partial charge in [-0.2, -0.15) is 0 Å². The van der Waals surface area contributed by atoms with Crippen molar-refractivity contribution in [2.24, 2.45) is 11.3 Å². The third-order valence-electron chi connectivity index (χ3n) is 6.67. The van der Waals surface area contributed by atoms with Gasteiger partial charge in [0.25, 0.3) is 5.91 Å². The molecule has 4 rings (SSSR count). The second-order valence-electron chi connectivity index (χ2n) is 10.5. The Balaban J connectivity index is 1.79. The summed E-state index contributed by atoms with van der Waals surface area (Å²) in [7, 11) is 1.13. The van der Waals surface area contributed by atoms with Gasteiger partial charge < -0.3 is 19.7 Å². The van der Waals surface area contributed by atoms with Crippen LogP contribution in [-0.4, -0.2) is 45.0 Å². The maximum absolute atomic E-state index is 12.7. The molecule has 0 saturated heterocycles. The van der Waals surface area contributed by atoms with Gasteiger partial charge in [0.15, 0.2) is 0 Å². The Morgan fingerprint density at radius 3 is 2.45 bits per heavy atom. The molecule has 2 amide bonds. The van der Waals surface area contributed by atoms with Crippen LogP contribution in [0.1, 0.15) is 56.4 Å². The maximum Gasteiger partial charge on any atom is 0.573 e. The number of benzene rings is 2. The Hall–Kier alpha value is -3.47. The minimum absolute atomic E-state index is 0.00809. The van der Waals surface area contributed by atoms with Gasteiger partial charge in [0, 0.05) is 18.8 Å². The lowest BCUT2D eigenvalue weighted by Crippen LogP contribution is -2.31. The van der Waals surface area contributed by atoms with Crippen LogP contribution in [-0.2, 0) is 0 Å². The number of nitrogens with zero attached hydrogens (tertiary/aromatic N) is 3. The number of fused-ring (bicyclic) bond motifs is 1. The molecule has 0 unspecified atom stereocenters. The number of rotatable bonds is 5. The van der Waals surface area contributed by atoms with E-state index in [1.807, 2.05) is 4.57 Å². The number of carbonyl (C=O) groups excluding carboxylic acids is 1. The predicted molar refractivity (Wildman–Crippen MR) is 137 cm³/mol. The molecule has 1 aliphatic carbocycles. The normalized spacial score (nSPS) is 19.3. The van der Waals surface area contributed by atoms with E-state index in [1.54, 1.807) is 6.07 Å². The quantitative estimate of drug-likeness (QED) is 0.341. The summed E-state index contributed by atoms with van der Waals surface area (Å²) in [5.74, 6) is -0.293. The lowest BCUT2D eigenvalue weighted by Gasteiger charge is -2.40. The number of amides is 2. The molecule has 204 valence electrons. The Morgan fingerprint density at radius 1 is 1.21 bits per heavy atom. The lowest BCUT2D eigenvalue weighted by atomic mass is 9.70. The highest BCUT2D eigenvalue weighted by molar-refractivity contribution is 6.35. The average molecular weight is 553 g/mol. The molecule has 0 radical (unpaired) electrons. The van der Waals surface area contributed by atoms with Gasteiger partial charge >= 0.3 is 12.5 Å². The van der Waals surface area contributed by atoms with Gasteiger partial charge in [-0.1, -0.05) is 32.4 Å². The molecule has 2 N–H and O–H groups in total. The number of imide groups is 1. The highest BCUT2D eigenvalue weighted by Crippen LogP contribution is 2.46. The molecule has 12 heteroatoms. The van der Waals surface area contributed by atoms with Gasteiger partial charge in [-0.25, -0.2) is 14.7 Å². The first-order valence-electron chi connectivity index (χ1n) is 12.0. The number of carboxylic acid groups (broad SMARTS) is 1. The first-order valence-corrected chi connectivity index (χ1v) is 12.4. The minimum atomic E-state index is -4.80. The van der Waals surface area contributed by atoms with E-state index in [4.69, 9.17) is 11.6 Å². The van der Waals surface area contributed by atoms with Crippen LogP contribution < -0.4 is 10.1 Å². The molecule has 3 aromatic rings. The summed E-state index contributed by atoms with van der Waals surface area (Å²) in [4.78, 5) is 29.3. The van der Waals surface area contributed by atoms with Gasteiger partial charge in [-0.05, 0) is 67.0 Å². The van der Waals surface area contributed by atoms with Crippen molar-refractivity contribution >= 4 is 46.3 Å². The van der Waals surface area contributed by atoms with E-state index in [1.165, 1.54) is 30.3 Å². The highest BCUT2D eigenvalue weighted by atomic mass is 35.5. The molecule has 38 heavy (non-hydrogen) atoms. The van der Waals surface area contributed by atoms with E-state index in [-0.39, 0.29) is 27.8 Å². The molecular weight excluding hydrogens is 525 g/mol. The van der Waals surface area contributed by atoms with E-state index in [0.717, 1.165) is 26.3 Å². The molecule has 2 atom stereocenters. The number of hydrogen-bond acceptors (Lipinski definition) is 5. The van der Waals surface area contributed by atoms with Crippen molar-refractivity contribution in [3.63, 3.8) is 0 Å². The van der Waals surface area contributed by atoms with Crippen LogP contribution in [0.2, 0.25) is 5.02 Å². The number of anilines is 2. The number of carbonyl (C=O) groups is 2. The summed E-state index contributed by atoms with van der Waals surface area (Å²) >= 11 is 6.47. The van der Waals surface area contributed by atoms with Crippen LogP contribution >= 0.6 is 11.6 Å². The molecule has 1 fully saturated rings. The van der Waals surface area contributed by atoms with Crippen molar-refractivity contribution in [3.05, 3.63) is 47.0 Å². The summed E-state index contributed by atoms with van der Waals surface area (Å²) in [5, 5.41) is 12.5.